The predicted octanol–water partition coefficient (Wildman–Crippen LogP) is 5.70. The highest BCUT2D eigenvalue weighted by Gasteiger charge is 2.20. The molecule has 174 valence electrons. The van der Waals surface area contributed by atoms with Crippen LogP contribution in [0.3, 0.4) is 0 Å². The molecule has 5 rings (SSSR count). The van der Waals surface area contributed by atoms with E-state index >= 15 is 0 Å². The highest BCUT2D eigenvalue weighted by molar-refractivity contribution is 9.10. The Kier molecular flexibility index (Phi) is 6.00. The normalized spacial score (nSPS) is 11.1. The zero-order valence-corrected chi connectivity index (χ0v) is 20.2. The number of fused-ring (bicyclic) bond motifs is 1. The number of imidazole rings is 1. The van der Waals surface area contributed by atoms with Crippen LogP contribution in [0.1, 0.15) is 12.5 Å². The summed E-state index contributed by atoms with van der Waals surface area (Å²) in [6.45, 7) is 1.56. The van der Waals surface area contributed by atoms with Gasteiger partial charge in [-0.3, -0.25) is 9.36 Å². The van der Waals surface area contributed by atoms with Crippen LogP contribution in [0.2, 0.25) is 0 Å². The fourth-order valence-corrected chi connectivity index (χ4v) is 4.28. The van der Waals surface area contributed by atoms with Gasteiger partial charge in [0.25, 0.3) is 0 Å². The van der Waals surface area contributed by atoms with E-state index in [1.807, 2.05) is 41.0 Å². The third kappa shape index (κ3) is 4.50. The maximum Gasteiger partial charge on any atom is 0.302 e. The molecule has 0 atom stereocenters. The Morgan fingerprint density at radius 1 is 1.09 bits per heavy atom. The lowest BCUT2D eigenvalue weighted by Gasteiger charge is -2.12. The first-order valence-corrected chi connectivity index (χ1v) is 11.5. The van der Waals surface area contributed by atoms with Crippen LogP contribution in [0.5, 0.6) is 0 Å². The standard InChI is InChI=1S/C26H19BrFN5O2/c1-15(34)35-14-16-4-10-19(11-5-16)33-25(20-3-2-12-30-24(20)29)31-22-13-21(27)23(32-26(22)33)17-6-8-18(28)9-7-17/h2-13H,14H2,1H3,(H2,29,30). The Morgan fingerprint density at radius 3 is 2.51 bits per heavy atom. The number of rotatable bonds is 5. The van der Waals surface area contributed by atoms with Gasteiger partial charge in [-0.1, -0.05) is 12.1 Å². The number of hydrogen-bond acceptors (Lipinski definition) is 6. The molecule has 0 amide bonds. The van der Waals surface area contributed by atoms with E-state index < -0.39 is 0 Å². The van der Waals surface area contributed by atoms with Gasteiger partial charge in [0.05, 0.1) is 11.3 Å². The summed E-state index contributed by atoms with van der Waals surface area (Å²) < 4.78 is 21.2. The van der Waals surface area contributed by atoms with Gasteiger partial charge in [-0.25, -0.2) is 19.3 Å². The molecular formula is C26H19BrFN5O2. The van der Waals surface area contributed by atoms with Gasteiger partial charge in [-0.05, 0) is 76.1 Å². The molecule has 2 aromatic carbocycles. The molecule has 0 saturated carbocycles. The summed E-state index contributed by atoms with van der Waals surface area (Å²) in [7, 11) is 0. The van der Waals surface area contributed by atoms with Gasteiger partial charge in [0.2, 0.25) is 0 Å². The molecule has 7 nitrogen and oxygen atoms in total. The number of nitrogens with zero attached hydrogens (tertiary/aromatic N) is 4. The average molecular weight is 532 g/mol. The van der Waals surface area contributed by atoms with Gasteiger partial charge in [-0.15, -0.1) is 0 Å². The topological polar surface area (TPSA) is 95.9 Å². The van der Waals surface area contributed by atoms with Crippen molar-refractivity contribution in [3.63, 3.8) is 0 Å². The SMILES string of the molecule is CC(=O)OCc1ccc(-n2c(-c3cccnc3N)nc3cc(Br)c(-c4ccc(F)cc4)nc32)cc1. The van der Waals surface area contributed by atoms with Gasteiger partial charge >= 0.3 is 5.97 Å². The van der Waals surface area contributed by atoms with Gasteiger partial charge < -0.3 is 10.5 Å². The summed E-state index contributed by atoms with van der Waals surface area (Å²) in [6, 6.07) is 19.2. The van der Waals surface area contributed by atoms with E-state index in [0.29, 0.717) is 34.1 Å². The maximum atomic E-state index is 13.5. The van der Waals surface area contributed by atoms with Crippen LogP contribution in [0.15, 0.2) is 77.4 Å². The molecule has 9 heteroatoms. The summed E-state index contributed by atoms with van der Waals surface area (Å²) in [6.07, 6.45) is 1.62. The van der Waals surface area contributed by atoms with E-state index in [2.05, 4.69) is 20.9 Å². The molecule has 35 heavy (non-hydrogen) atoms. The van der Waals surface area contributed by atoms with Gasteiger partial charge in [0, 0.05) is 28.8 Å². The molecule has 0 aliphatic rings. The first-order chi connectivity index (χ1) is 16.9. The Labute approximate surface area is 208 Å². The largest absolute Gasteiger partial charge is 0.461 e. The van der Waals surface area contributed by atoms with Crippen molar-refractivity contribution < 1.29 is 13.9 Å². The first kappa shape index (κ1) is 22.7. The lowest BCUT2D eigenvalue weighted by Crippen LogP contribution is -2.03. The number of carbonyl (C=O) groups is 1. The van der Waals surface area contributed by atoms with E-state index in [4.69, 9.17) is 20.4 Å². The Bertz CT molecular complexity index is 1550. The summed E-state index contributed by atoms with van der Waals surface area (Å²) in [5.74, 6) is 0.258. The first-order valence-electron chi connectivity index (χ1n) is 10.7. The number of nitrogens with two attached hydrogens (primary N) is 1. The summed E-state index contributed by atoms with van der Waals surface area (Å²) in [5.41, 5.74) is 11.1. The third-order valence-electron chi connectivity index (χ3n) is 5.42. The molecule has 0 fully saturated rings. The number of hydrogen-bond donors (Lipinski definition) is 1. The number of benzene rings is 2. The van der Waals surface area contributed by atoms with Crippen molar-refractivity contribution in [2.24, 2.45) is 0 Å². The molecule has 0 aliphatic heterocycles. The Hall–Kier alpha value is -4.11. The number of nitrogen functional groups attached to an aromatic ring is 1. The van der Waals surface area contributed by atoms with Crippen LogP contribution < -0.4 is 5.73 Å². The van der Waals surface area contributed by atoms with Crippen molar-refractivity contribution >= 4 is 38.9 Å². The molecule has 0 spiro atoms. The number of halogens is 2. The summed E-state index contributed by atoms with van der Waals surface area (Å²) >= 11 is 3.59. The van der Waals surface area contributed by atoms with E-state index in [-0.39, 0.29) is 18.4 Å². The molecule has 3 heterocycles. The number of carbonyl (C=O) groups excluding carboxylic acids is 1. The van der Waals surface area contributed by atoms with Gasteiger partial charge in [0.15, 0.2) is 11.5 Å². The fraction of sp³-hybridized carbons (Fsp3) is 0.0769. The Morgan fingerprint density at radius 2 is 1.83 bits per heavy atom. The highest BCUT2D eigenvalue weighted by atomic mass is 79.9. The van der Waals surface area contributed by atoms with Crippen molar-refractivity contribution in [1.29, 1.82) is 0 Å². The lowest BCUT2D eigenvalue weighted by molar-refractivity contribution is -0.142. The molecule has 0 radical (unpaired) electrons. The monoisotopic (exact) mass is 531 g/mol. The van der Waals surface area contributed by atoms with Crippen LogP contribution in [0.4, 0.5) is 10.2 Å². The van der Waals surface area contributed by atoms with Crippen molar-refractivity contribution in [1.82, 2.24) is 19.5 Å². The zero-order valence-electron chi connectivity index (χ0n) is 18.6. The molecule has 0 unspecified atom stereocenters. The van der Waals surface area contributed by atoms with Crippen molar-refractivity contribution in [3.05, 3.63) is 88.8 Å². The van der Waals surface area contributed by atoms with Crippen LogP contribution in [-0.2, 0) is 16.1 Å². The number of ether oxygens (including phenoxy) is 1. The van der Waals surface area contributed by atoms with Crippen LogP contribution in [-0.4, -0.2) is 25.5 Å². The second kappa shape index (κ2) is 9.27. The summed E-state index contributed by atoms with van der Waals surface area (Å²) in [5, 5.41) is 0. The second-order valence-corrected chi connectivity index (χ2v) is 8.68. The van der Waals surface area contributed by atoms with Crippen molar-refractivity contribution in [2.75, 3.05) is 5.73 Å². The molecule has 0 aliphatic carbocycles. The van der Waals surface area contributed by atoms with Crippen molar-refractivity contribution in [2.45, 2.75) is 13.5 Å². The zero-order chi connectivity index (χ0) is 24.5. The fourth-order valence-electron chi connectivity index (χ4n) is 3.75. The van der Waals surface area contributed by atoms with Crippen LogP contribution in [0, 0.1) is 5.82 Å². The van der Waals surface area contributed by atoms with Gasteiger partial charge in [0.1, 0.15) is 23.8 Å². The number of anilines is 1. The molecule has 5 aromatic rings. The lowest BCUT2D eigenvalue weighted by atomic mass is 10.1. The van der Waals surface area contributed by atoms with Crippen molar-refractivity contribution in [3.8, 4) is 28.3 Å². The molecule has 0 saturated heterocycles. The number of aromatic nitrogens is 4. The molecule has 2 N–H and O–H groups in total. The number of esters is 1. The van der Waals surface area contributed by atoms with E-state index in [9.17, 15) is 9.18 Å². The van der Waals surface area contributed by atoms with E-state index in [0.717, 1.165) is 21.3 Å². The smallest absolute Gasteiger partial charge is 0.302 e. The minimum atomic E-state index is -0.341. The average Bonchev–Trinajstić information content (AvgIpc) is 3.21. The van der Waals surface area contributed by atoms with Crippen LogP contribution >= 0.6 is 15.9 Å². The minimum absolute atomic E-state index is 0.183. The second-order valence-electron chi connectivity index (χ2n) is 7.82. The third-order valence-corrected chi connectivity index (χ3v) is 6.02. The highest BCUT2D eigenvalue weighted by Crippen LogP contribution is 2.35. The maximum absolute atomic E-state index is 13.5. The van der Waals surface area contributed by atoms with Gasteiger partial charge in [-0.2, -0.15) is 0 Å². The molecule has 3 aromatic heterocycles. The Balaban J connectivity index is 1.72. The summed E-state index contributed by atoms with van der Waals surface area (Å²) in [4.78, 5) is 25.1. The molecule has 0 bridgehead atoms. The predicted molar refractivity (Wildman–Crippen MR) is 135 cm³/mol. The number of pyridine rings is 2. The van der Waals surface area contributed by atoms with E-state index in [1.165, 1.54) is 19.1 Å². The van der Waals surface area contributed by atoms with Crippen LogP contribution in [0.25, 0.3) is 39.5 Å². The quantitative estimate of drug-likeness (QED) is 0.292. The minimum Gasteiger partial charge on any atom is -0.461 e. The van der Waals surface area contributed by atoms with E-state index in [1.54, 1.807) is 24.4 Å². The molecular weight excluding hydrogens is 513 g/mol.